The highest BCUT2D eigenvalue weighted by Gasteiger charge is 2.14. The monoisotopic (exact) mass is 377 g/mol. The van der Waals surface area contributed by atoms with Crippen LogP contribution < -0.4 is 5.32 Å². The second kappa shape index (κ2) is 10.8. The van der Waals surface area contributed by atoms with Crippen LogP contribution in [0.25, 0.3) is 17.2 Å². The number of likely N-dealkylation sites (N-methyl/N-ethyl adjacent to an activating group) is 1. The number of nitrogens with zero attached hydrogens (tertiary/aromatic N) is 2. The van der Waals surface area contributed by atoms with Gasteiger partial charge in [0.2, 0.25) is 5.91 Å². The highest BCUT2D eigenvalue weighted by atomic mass is 16.1. The zero-order valence-corrected chi connectivity index (χ0v) is 16.8. The Morgan fingerprint density at radius 2 is 1.68 bits per heavy atom. The minimum atomic E-state index is -0.0269. The molecule has 1 fully saturated rings. The van der Waals surface area contributed by atoms with Gasteiger partial charge in [-0.15, -0.1) is 0 Å². The number of piperazine rings is 1. The summed E-state index contributed by atoms with van der Waals surface area (Å²) < 4.78 is 0. The zero-order chi connectivity index (χ0) is 19.6. The summed E-state index contributed by atoms with van der Waals surface area (Å²) in [7, 11) is 0. The Kier molecular flexibility index (Phi) is 7.82. The lowest BCUT2D eigenvalue weighted by Gasteiger charge is -2.33. The maximum absolute atomic E-state index is 12.1. The maximum Gasteiger partial charge on any atom is 0.243 e. The molecule has 0 aliphatic carbocycles. The number of rotatable bonds is 8. The van der Waals surface area contributed by atoms with Gasteiger partial charge >= 0.3 is 0 Å². The number of carbonyl (C=O) groups is 1. The smallest absolute Gasteiger partial charge is 0.243 e. The predicted molar refractivity (Wildman–Crippen MR) is 117 cm³/mol. The van der Waals surface area contributed by atoms with E-state index in [1.165, 1.54) is 5.56 Å². The molecule has 0 spiro atoms. The molecule has 2 aromatic rings. The molecule has 0 saturated carbocycles. The first-order valence-corrected chi connectivity index (χ1v) is 10.3. The molecule has 0 radical (unpaired) electrons. The first kappa shape index (κ1) is 20.3. The molecule has 1 N–H and O–H groups in total. The molecule has 0 bridgehead atoms. The third-order valence-electron chi connectivity index (χ3n) is 5.28. The third-order valence-corrected chi connectivity index (χ3v) is 5.28. The van der Waals surface area contributed by atoms with E-state index in [2.05, 4.69) is 46.3 Å². The van der Waals surface area contributed by atoms with Crippen molar-refractivity contribution in [3.05, 3.63) is 66.2 Å². The van der Waals surface area contributed by atoms with E-state index >= 15 is 0 Å². The molecule has 0 unspecified atom stereocenters. The Hall–Kier alpha value is -2.43. The van der Waals surface area contributed by atoms with Crippen LogP contribution in [0.15, 0.2) is 60.7 Å². The van der Waals surface area contributed by atoms with Gasteiger partial charge in [-0.25, -0.2) is 0 Å². The molecule has 4 heteroatoms. The van der Waals surface area contributed by atoms with Crippen LogP contribution in [0.4, 0.5) is 0 Å². The molecule has 1 aliphatic rings. The Balaban J connectivity index is 1.40. The standard InChI is InChI=1S/C24H31N3O/c1-2-26-16-18-27(19-17-26)15-7-14-25-24(28)13-12-21-8-6-11-23(20-21)22-9-4-3-5-10-22/h3-6,8-13,20H,2,7,14-19H2,1H3,(H,25,28)/b13-12+. The van der Waals surface area contributed by atoms with Crippen LogP contribution in [-0.4, -0.2) is 61.5 Å². The van der Waals surface area contributed by atoms with Gasteiger partial charge in [-0.05, 0) is 48.3 Å². The first-order chi connectivity index (χ1) is 13.7. The summed E-state index contributed by atoms with van der Waals surface area (Å²) in [6.07, 6.45) is 4.51. The van der Waals surface area contributed by atoms with Crippen LogP contribution in [0.2, 0.25) is 0 Å². The van der Waals surface area contributed by atoms with Crippen molar-refractivity contribution in [2.45, 2.75) is 13.3 Å². The fourth-order valence-corrected chi connectivity index (χ4v) is 3.53. The van der Waals surface area contributed by atoms with Gasteiger partial charge in [0.05, 0.1) is 0 Å². The normalized spacial score (nSPS) is 15.8. The number of amides is 1. The second-order valence-electron chi connectivity index (χ2n) is 7.25. The molecular formula is C24H31N3O. The quantitative estimate of drug-likeness (QED) is 0.565. The summed E-state index contributed by atoms with van der Waals surface area (Å²) in [4.78, 5) is 17.1. The molecule has 0 atom stereocenters. The topological polar surface area (TPSA) is 35.6 Å². The molecule has 1 amide bonds. The van der Waals surface area contributed by atoms with Crippen LogP contribution >= 0.6 is 0 Å². The van der Waals surface area contributed by atoms with Gasteiger partial charge in [0.15, 0.2) is 0 Å². The Labute approximate surface area is 168 Å². The third kappa shape index (κ3) is 6.32. The highest BCUT2D eigenvalue weighted by molar-refractivity contribution is 5.91. The van der Waals surface area contributed by atoms with Gasteiger partial charge in [-0.1, -0.05) is 55.5 Å². The van der Waals surface area contributed by atoms with Gasteiger partial charge in [0.1, 0.15) is 0 Å². The fraction of sp³-hybridized carbons (Fsp3) is 0.375. The lowest BCUT2D eigenvalue weighted by molar-refractivity contribution is -0.116. The fourth-order valence-electron chi connectivity index (χ4n) is 3.53. The van der Waals surface area contributed by atoms with E-state index < -0.39 is 0 Å². The van der Waals surface area contributed by atoms with Crippen molar-refractivity contribution >= 4 is 12.0 Å². The molecule has 2 aromatic carbocycles. The minimum Gasteiger partial charge on any atom is -0.353 e. The van der Waals surface area contributed by atoms with E-state index in [0.29, 0.717) is 0 Å². The van der Waals surface area contributed by atoms with Crippen LogP contribution in [0.5, 0.6) is 0 Å². The Morgan fingerprint density at radius 3 is 2.43 bits per heavy atom. The van der Waals surface area contributed by atoms with Crippen molar-refractivity contribution < 1.29 is 4.79 Å². The summed E-state index contributed by atoms with van der Waals surface area (Å²) >= 11 is 0. The van der Waals surface area contributed by atoms with E-state index in [9.17, 15) is 4.79 Å². The predicted octanol–water partition coefficient (Wildman–Crippen LogP) is 3.51. The number of nitrogens with one attached hydrogen (secondary N) is 1. The second-order valence-corrected chi connectivity index (χ2v) is 7.25. The van der Waals surface area contributed by atoms with E-state index in [4.69, 9.17) is 0 Å². The molecule has 4 nitrogen and oxygen atoms in total. The average molecular weight is 378 g/mol. The van der Waals surface area contributed by atoms with Gasteiger partial charge in [-0.3, -0.25) is 4.79 Å². The molecule has 0 aromatic heterocycles. The zero-order valence-electron chi connectivity index (χ0n) is 16.8. The Morgan fingerprint density at radius 1 is 0.964 bits per heavy atom. The van der Waals surface area contributed by atoms with E-state index in [1.54, 1.807) is 6.08 Å². The van der Waals surface area contributed by atoms with Crippen molar-refractivity contribution in [3.8, 4) is 11.1 Å². The number of hydrogen-bond donors (Lipinski definition) is 1. The van der Waals surface area contributed by atoms with Crippen LogP contribution in [0.3, 0.4) is 0 Å². The maximum atomic E-state index is 12.1. The lowest BCUT2D eigenvalue weighted by Crippen LogP contribution is -2.46. The molecule has 28 heavy (non-hydrogen) atoms. The van der Waals surface area contributed by atoms with Crippen LogP contribution in [0.1, 0.15) is 18.9 Å². The highest BCUT2D eigenvalue weighted by Crippen LogP contribution is 2.20. The van der Waals surface area contributed by atoms with Crippen molar-refractivity contribution in [2.24, 2.45) is 0 Å². The first-order valence-electron chi connectivity index (χ1n) is 10.3. The van der Waals surface area contributed by atoms with Crippen molar-refractivity contribution in [1.29, 1.82) is 0 Å². The van der Waals surface area contributed by atoms with Gasteiger partial charge in [0, 0.05) is 38.8 Å². The molecule has 3 rings (SSSR count). The number of carbonyl (C=O) groups excluding carboxylic acids is 1. The van der Waals surface area contributed by atoms with Crippen molar-refractivity contribution in [2.75, 3.05) is 45.8 Å². The Bertz CT molecular complexity index is 764. The summed E-state index contributed by atoms with van der Waals surface area (Å²) in [5.41, 5.74) is 3.37. The lowest BCUT2D eigenvalue weighted by atomic mass is 10.0. The van der Waals surface area contributed by atoms with E-state index in [-0.39, 0.29) is 5.91 Å². The molecule has 1 aliphatic heterocycles. The average Bonchev–Trinajstić information content (AvgIpc) is 2.76. The van der Waals surface area contributed by atoms with Gasteiger partial charge in [0.25, 0.3) is 0 Å². The summed E-state index contributed by atoms with van der Waals surface area (Å²) in [6, 6.07) is 18.5. The summed E-state index contributed by atoms with van der Waals surface area (Å²) in [5, 5.41) is 3.00. The van der Waals surface area contributed by atoms with Gasteiger partial charge in [-0.2, -0.15) is 0 Å². The largest absolute Gasteiger partial charge is 0.353 e. The minimum absolute atomic E-state index is 0.0269. The number of hydrogen-bond acceptors (Lipinski definition) is 3. The van der Waals surface area contributed by atoms with E-state index in [0.717, 1.165) is 63.4 Å². The number of benzene rings is 2. The molecule has 1 heterocycles. The van der Waals surface area contributed by atoms with Gasteiger partial charge < -0.3 is 15.1 Å². The molecule has 148 valence electrons. The van der Waals surface area contributed by atoms with E-state index in [1.807, 2.05) is 36.4 Å². The summed E-state index contributed by atoms with van der Waals surface area (Å²) in [6.45, 7) is 9.74. The SMILES string of the molecule is CCN1CCN(CCCNC(=O)/C=C/c2cccc(-c3ccccc3)c2)CC1. The van der Waals surface area contributed by atoms with Crippen LogP contribution in [0, 0.1) is 0 Å². The summed E-state index contributed by atoms with van der Waals surface area (Å²) in [5.74, 6) is -0.0269. The molecule has 1 saturated heterocycles. The molecular weight excluding hydrogens is 346 g/mol. The van der Waals surface area contributed by atoms with Crippen molar-refractivity contribution in [3.63, 3.8) is 0 Å². The van der Waals surface area contributed by atoms with Crippen molar-refractivity contribution in [1.82, 2.24) is 15.1 Å². The van der Waals surface area contributed by atoms with Crippen LogP contribution in [-0.2, 0) is 4.79 Å².